The Morgan fingerprint density at radius 2 is 1.80 bits per heavy atom. The largest absolute Gasteiger partial charge is 0.475 e. The number of hydrogen-bond acceptors (Lipinski definition) is 9. The van der Waals surface area contributed by atoms with E-state index in [0.29, 0.717) is 45.6 Å². The quantitative estimate of drug-likeness (QED) is 0.239. The lowest BCUT2D eigenvalue weighted by molar-refractivity contribution is -0.127. The smallest absolute Gasteiger partial charge is 0.453 e. The first-order valence-electron chi connectivity index (χ1n) is 13.9. The molecule has 2 atom stereocenters. The first-order chi connectivity index (χ1) is 19.5. The number of nitrogens with one attached hydrogen (secondary N) is 1. The summed E-state index contributed by atoms with van der Waals surface area (Å²) in [7, 11) is -0.440. The number of nitriles is 1. The third-order valence-corrected chi connectivity index (χ3v) is 7.53. The normalized spacial score (nSPS) is 19.4. The SMILES string of the molecule is COC(=O)N1CCN(C(C)(C)/C=C(\C#N)C(=O)N2CCCC[C@H](OC(=O)N[C@@H](Cc3ccccc3)B(O)O)C2)CC1. The van der Waals surface area contributed by atoms with Crippen LogP contribution in [0.4, 0.5) is 9.59 Å². The monoisotopic (exact) mass is 569 g/mol. The van der Waals surface area contributed by atoms with Crippen molar-refractivity contribution in [3.63, 3.8) is 0 Å². The second kappa shape index (κ2) is 14.9. The summed E-state index contributed by atoms with van der Waals surface area (Å²) in [5.74, 6) is -1.41. The van der Waals surface area contributed by atoms with Gasteiger partial charge in [-0.1, -0.05) is 30.3 Å². The molecular weight excluding hydrogens is 529 g/mol. The Morgan fingerprint density at radius 3 is 2.41 bits per heavy atom. The van der Waals surface area contributed by atoms with Crippen LogP contribution in [0.3, 0.4) is 0 Å². The predicted octanol–water partition coefficient (Wildman–Crippen LogP) is 1.33. The van der Waals surface area contributed by atoms with E-state index >= 15 is 0 Å². The first-order valence-corrected chi connectivity index (χ1v) is 13.9. The number of alkyl carbamates (subject to hydrolysis) is 1. The van der Waals surface area contributed by atoms with Crippen LogP contribution in [0.25, 0.3) is 0 Å². The Bertz CT molecular complexity index is 1120. The first kappa shape index (κ1) is 31.9. The van der Waals surface area contributed by atoms with E-state index in [1.54, 1.807) is 11.0 Å². The number of likely N-dealkylation sites (tertiary alicyclic amines) is 1. The molecule has 0 aromatic heterocycles. The molecule has 0 saturated carbocycles. The summed E-state index contributed by atoms with van der Waals surface area (Å²) < 4.78 is 10.4. The number of carbonyl (C=O) groups is 3. The predicted molar refractivity (Wildman–Crippen MR) is 151 cm³/mol. The number of ether oxygens (including phenoxy) is 2. The summed E-state index contributed by atoms with van der Waals surface area (Å²) in [5.41, 5.74) is 0.201. The second-order valence-electron chi connectivity index (χ2n) is 10.9. The minimum absolute atomic E-state index is 0.00169. The molecule has 0 unspecified atom stereocenters. The highest BCUT2D eigenvalue weighted by Crippen LogP contribution is 2.23. The Labute approximate surface area is 241 Å². The van der Waals surface area contributed by atoms with E-state index in [1.165, 1.54) is 12.0 Å². The molecule has 3 amide bonds. The van der Waals surface area contributed by atoms with Crippen LogP contribution in [0.15, 0.2) is 42.0 Å². The molecule has 222 valence electrons. The van der Waals surface area contributed by atoms with Crippen molar-refractivity contribution in [2.75, 3.05) is 46.4 Å². The lowest BCUT2D eigenvalue weighted by Gasteiger charge is -2.42. The lowest BCUT2D eigenvalue weighted by atomic mass is 9.76. The summed E-state index contributed by atoms with van der Waals surface area (Å²) >= 11 is 0. The topological polar surface area (TPSA) is 156 Å². The van der Waals surface area contributed by atoms with Crippen LogP contribution in [-0.4, -0.2) is 114 Å². The van der Waals surface area contributed by atoms with Crippen molar-refractivity contribution in [1.82, 2.24) is 20.0 Å². The van der Waals surface area contributed by atoms with Gasteiger partial charge in [0.05, 0.1) is 19.6 Å². The van der Waals surface area contributed by atoms with Gasteiger partial charge in [-0.2, -0.15) is 5.26 Å². The van der Waals surface area contributed by atoms with Crippen LogP contribution in [0, 0.1) is 11.3 Å². The van der Waals surface area contributed by atoms with E-state index in [0.717, 1.165) is 12.0 Å². The molecule has 1 aromatic rings. The van der Waals surface area contributed by atoms with Crippen molar-refractivity contribution in [2.45, 2.75) is 57.1 Å². The standard InChI is InChI=1S/C28H40BN5O7/c1-28(2,34-15-13-32(14-16-34)27(37)40-3)18-22(19-30)25(35)33-12-8-7-11-23(20-33)41-26(36)31-24(29(38)39)17-21-9-5-4-6-10-21/h4-6,9-10,18,23-24,38-39H,7-8,11-17,20H2,1-3H3,(H,31,36)/b22-18+/t23-,24-/m0/s1. The molecule has 0 aliphatic carbocycles. The van der Waals surface area contributed by atoms with Crippen molar-refractivity contribution >= 4 is 25.2 Å². The Hall–Kier alpha value is -3.60. The summed E-state index contributed by atoms with van der Waals surface area (Å²) in [6.07, 6.45) is 2.01. The van der Waals surface area contributed by atoms with Crippen LogP contribution in [0.5, 0.6) is 0 Å². The van der Waals surface area contributed by atoms with Crippen LogP contribution in [0.2, 0.25) is 0 Å². The maximum atomic E-state index is 13.4. The molecule has 0 bridgehead atoms. The average Bonchev–Trinajstić information content (AvgIpc) is 3.20. The molecule has 41 heavy (non-hydrogen) atoms. The Morgan fingerprint density at radius 1 is 1.12 bits per heavy atom. The van der Waals surface area contributed by atoms with Gasteiger partial charge in [-0.05, 0) is 51.2 Å². The van der Waals surface area contributed by atoms with Gasteiger partial charge in [0.2, 0.25) is 0 Å². The number of rotatable bonds is 8. The number of benzene rings is 1. The van der Waals surface area contributed by atoms with E-state index in [2.05, 4.69) is 16.3 Å². The Balaban J connectivity index is 1.62. The fourth-order valence-electron chi connectivity index (χ4n) is 5.17. The fraction of sp³-hybridized carbons (Fsp3) is 0.571. The molecule has 2 saturated heterocycles. The highest BCUT2D eigenvalue weighted by molar-refractivity contribution is 6.43. The molecule has 0 spiro atoms. The van der Waals surface area contributed by atoms with E-state index in [1.807, 2.05) is 44.2 Å². The molecule has 3 rings (SSSR count). The van der Waals surface area contributed by atoms with Gasteiger partial charge in [0.1, 0.15) is 17.7 Å². The van der Waals surface area contributed by atoms with Crippen LogP contribution in [0.1, 0.15) is 38.7 Å². The Kier molecular flexibility index (Phi) is 11.6. The van der Waals surface area contributed by atoms with Gasteiger partial charge in [0.15, 0.2) is 0 Å². The summed E-state index contributed by atoms with van der Waals surface area (Å²) in [6, 6.07) is 11.2. The minimum Gasteiger partial charge on any atom is -0.453 e. The molecule has 2 aliphatic heterocycles. The van der Waals surface area contributed by atoms with Gasteiger partial charge in [-0.3, -0.25) is 9.69 Å². The van der Waals surface area contributed by atoms with Crippen molar-refractivity contribution in [1.29, 1.82) is 5.26 Å². The van der Waals surface area contributed by atoms with Gasteiger partial charge < -0.3 is 34.6 Å². The third kappa shape index (κ3) is 9.21. The number of methoxy groups -OCH3 is 1. The van der Waals surface area contributed by atoms with E-state index in [-0.39, 0.29) is 24.6 Å². The third-order valence-electron chi connectivity index (χ3n) is 7.53. The molecule has 12 nitrogen and oxygen atoms in total. The maximum Gasteiger partial charge on any atom is 0.475 e. The fourth-order valence-corrected chi connectivity index (χ4v) is 5.17. The molecule has 1 aromatic carbocycles. The molecular formula is C28H40BN5O7. The van der Waals surface area contributed by atoms with E-state index in [9.17, 15) is 29.7 Å². The summed E-state index contributed by atoms with van der Waals surface area (Å²) in [6.45, 7) is 6.47. The van der Waals surface area contributed by atoms with Gasteiger partial charge >= 0.3 is 19.3 Å². The zero-order valence-corrected chi connectivity index (χ0v) is 24.0. The molecule has 13 heteroatoms. The minimum atomic E-state index is -1.79. The molecule has 2 fully saturated rings. The van der Waals surface area contributed by atoms with Crippen molar-refractivity contribution in [2.24, 2.45) is 0 Å². The number of piperazine rings is 1. The van der Waals surface area contributed by atoms with Crippen LogP contribution in [-0.2, 0) is 20.7 Å². The van der Waals surface area contributed by atoms with Gasteiger partial charge in [-0.25, -0.2) is 9.59 Å². The van der Waals surface area contributed by atoms with Crippen LogP contribution >= 0.6 is 0 Å². The van der Waals surface area contributed by atoms with Gasteiger partial charge in [0.25, 0.3) is 5.91 Å². The average molecular weight is 569 g/mol. The summed E-state index contributed by atoms with van der Waals surface area (Å²) in [5, 5.41) is 32.0. The van der Waals surface area contributed by atoms with E-state index < -0.39 is 36.7 Å². The second-order valence-corrected chi connectivity index (χ2v) is 10.9. The maximum absolute atomic E-state index is 13.4. The zero-order chi connectivity index (χ0) is 30.0. The number of hydrogen-bond donors (Lipinski definition) is 3. The van der Waals surface area contributed by atoms with Crippen molar-refractivity contribution < 1.29 is 33.9 Å². The van der Waals surface area contributed by atoms with E-state index in [4.69, 9.17) is 9.47 Å². The van der Waals surface area contributed by atoms with Gasteiger partial charge in [0, 0.05) is 38.3 Å². The van der Waals surface area contributed by atoms with Crippen molar-refractivity contribution in [3.8, 4) is 6.07 Å². The van der Waals surface area contributed by atoms with Crippen molar-refractivity contribution in [3.05, 3.63) is 47.5 Å². The summed E-state index contributed by atoms with van der Waals surface area (Å²) in [4.78, 5) is 43.2. The number of carbonyl (C=O) groups excluding carboxylic acids is 3. The lowest BCUT2D eigenvalue weighted by Crippen LogP contribution is -2.55. The molecule has 2 aliphatic rings. The number of amides is 3. The van der Waals surface area contributed by atoms with Crippen LogP contribution < -0.4 is 5.32 Å². The number of nitrogens with zero attached hydrogens (tertiary/aromatic N) is 4. The zero-order valence-electron chi connectivity index (χ0n) is 24.0. The highest BCUT2D eigenvalue weighted by Gasteiger charge is 2.34. The van der Waals surface area contributed by atoms with Gasteiger partial charge in [-0.15, -0.1) is 0 Å². The molecule has 0 radical (unpaired) electrons. The molecule has 2 heterocycles. The molecule has 3 N–H and O–H groups in total. The highest BCUT2D eigenvalue weighted by atomic mass is 16.6.